The lowest BCUT2D eigenvalue weighted by molar-refractivity contribution is 0.311. The van der Waals surface area contributed by atoms with Crippen molar-refractivity contribution in [3.05, 3.63) is 40.6 Å². The highest BCUT2D eigenvalue weighted by molar-refractivity contribution is 7.89. The second-order valence-electron chi connectivity index (χ2n) is 3.58. The molecule has 0 saturated heterocycles. The zero-order valence-electron chi connectivity index (χ0n) is 9.37. The first kappa shape index (κ1) is 12.9. The molecule has 0 amide bonds. The number of para-hydroxylation sites is 1. The minimum Gasteiger partial charge on any atom is -0.486 e. The predicted molar refractivity (Wildman–Crippen MR) is 70.9 cm³/mol. The Labute approximate surface area is 109 Å². The van der Waals surface area contributed by atoms with Gasteiger partial charge in [-0.2, -0.15) is 0 Å². The summed E-state index contributed by atoms with van der Waals surface area (Å²) in [6.45, 7) is 0.343. The van der Waals surface area contributed by atoms with Gasteiger partial charge >= 0.3 is 0 Å². The van der Waals surface area contributed by atoms with Crippen LogP contribution < -0.4 is 15.6 Å². The Morgan fingerprint density at radius 2 is 2.00 bits per heavy atom. The number of hydrogen-bond acceptors (Lipinski definition) is 5. The van der Waals surface area contributed by atoms with Crippen molar-refractivity contribution in [2.75, 3.05) is 5.73 Å². The van der Waals surface area contributed by atoms with Gasteiger partial charge in [0.15, 0.2) is 0 Å². The summed E-state index contributed by atoms with van der Waals surface area (Å²) < 4.78 is 28.0. The Hall–Kier alpha value is -1.57. The summed E-state index contributed by atoms with van der Waals surface area (Å²) in [7, 11) is -3.83. The molecule has 0 fully saturated rings. The second-order valence-corrected chi connectivity index (χ2v) is 6.14. The van der Waals surface area contributed by atoms with Gasteiger partial charge in [-0.3, -0.25) is 0 Å². The largest absolute Gasteiger partial charge is 0.486 e. The van der Waals surface area contributed by atoms with E-state index in [-0.39, 0.29) is 10.6 Å². The molecule has 0 aliphatic rings. The highest BCUT2D eigenvalue weighted by atomic mass is 32.2. The van der Waals surface area contributed by atoms with E-state index in [4.69, 9.17) is 15.6 Å². The van der Waals surface area contributed by atoms with Crippen LogP contribution in [0.25, 0.3) is 0 Å². The summed E-state index contributed by atoms with van der Waals surface area (Å²) in [5.74, 6) is 0.315. The number of nitrogen functional groups attached to an aromatic ring is 1. The molecular formula is C11H12N2O3S2. The van der Waals surface area contributed by atoms with Crippen molar-refractivity contribution >= 4 is 27.0 Å². The van der Waals surface area contributed by atoms with Crippen LogP contribution in [0.15, 0.2) is 40.6 Å². The molecule has 0 bridgehead atoms. The maximum atomic E-state index is 11.3. The first-order chi connectivity index (χ1) is 8.48. The zero-order valence-corrected chi connectivity index (χ0v) is 11.0. The van der Waals surface area contributed by atoms with E-state index in [1.807, 2.05) is 17.5 Å². The molecule has 0 aliphatic heterocycles. The summed E-state index contributed by atoms with van der Waals surface area (Å²) in [6.07, 6.45) is 0. The van der Waals surface area contributed by atoms with Gasteiger partial charge in [0.25, 0.3) is 0 Å². The van der Waals surface area contributed by atoms with Crippen molar-refractivity contribution < 1.29 is 13.2 Å². The standard InChI is InChI=1S/C11H12N2O3S2/c12-11-9(16-7-8-3-2-6-17-8)4-1-5-10(11)18(13,14)15/h1-6H,7,12H2,(H2,13,14,15). The molecule has 1 heterocycles. The summed E-state index contributed by atoms with van der Waals surface area (Å²) in [6, 6.07) is 8.33. The monoisotopic (exact) mass is 284 g/mol. The van der Waals surface area contributed by atoms with Crippen LogP contribution in [-0.4, -0.2) is 8.42 Å². The van der Waals surface area contributed by atoms with Gasteiger partial charge in [-0.15, -0.1) is 11.3 Å². The quantitative estimate of drug-likeness (QED) is 0.833. The molecule has 1 aromatic heterocycles. The third kappa shape index (κ3) is 2.81. The predicted octanol–water partition coefficient (Wildman–Crippen LogP) is 1.56. The maximum Gasteiger partial charge on any atom is 0.240 e. The number of thiophene rings is 1. The number of anilines is 1. The molecular weight excluding hydrogens is 272 g/mol. The van der Waals surface area contributed by atoms with E-state index >= 15 is 0 Å². The molecule has 0 radical (unpaired) electrons. The van der Waals surface area contributed by atoms with E-state index in [9.17, 15) is 8.42 Å². The van der Waals surface area contributed by atoms with Crippen LogP contribution in [0.2, 0.25) is 0 Å². The Balaban J connectivity index is 2.24. The lowest BCUT2D eigenvalue weighted by Crippen LogP contribution is -2.14. The zero-order chi connectivity index (χ0) is 13.2. The molecule has 0 unspecified atom stereocenters. The number of benzene rings is 1. The normalized spacial score (nSPS) is 11.4. The van der Waals surface area contributed by atoms with Crippen molar-refractivity contribution in [1.29, 1.82) is 0 Å². The second kappa shape index (κ2) is 4.97. The molecule has 18 heavy (non-hydrogen) atoms. The van der Waals surface area contributed by atoms with Crippen LogP contribution in [0.1, 0.15) is 4.88 Å². The number of nitrogens with two attached hydrogens (primary N) is 2. The fraction of sp³-hybridized carbons (Fsp3) is 0.0909. The number of ether oxygens (including phenoxy) is 1. The molecule has 5 nitrogen and oxygen atoms in total. The lowest BCUT2D eigenvalue weighted by Gasteiger charge is -2.10. The van der Waals surface area contributed by atoms with Gasteiger partial charge in [-0.05, 0) is 23.6 Å². The minimum absolute atomic E-state index is 0.0385. The number of rotatable bonds is 4. The summed E-state index contributed by atoms with van der Waals surface area (Å²) in [4.78, 5) is 0.904. The first-order valence-corrected chi connectivity index (χ1v) is 7.47. The van der Waals surface area contributed by atoms with Crippen molar-refractivity contribution in [3.8, 4) is 5.75 Å². The van der Waals surface area contributed by atoms with Crippen LogP contribution in [0.5, 0.6) is 5.75 Å². The number of sulfonamides is 1. The molecule has 0 spiro atoms. The van der Waals surface area contributed by atoms with E-state index < -0.39 is 10.0 Å². The van der Waals surface area contributed by atoms with Gasteiger partial charge in [-0.1, -0.05) is 12.1 Å². The van der Waals surface area contributed by atoms with Crippen LogP contribution in [0.3, 0.4) is 0 Å². The molecule has 96 valence electrons. The fourth-order valence-electron chi connectivity index (χ4n) is 1.44. The first-order valence-electron chi connectivity index (χ1n) is 5.05. The van der Waals surface area contributed by atoms with Crippen molar-refractivity contribution in [2.45, 2.75) is 11.5 Å². The molecule has 0 saturated carbocycles. The Bertz CT molecular complexity index is 636. The number of hydrogen-bond donors (Lipinski definition) is 2. The highest BCUT2D eigenvalue weighted by Crippen LogP contribution is 2.28. The summed E-state index contributed by atoms with van der Waals surface area (Å²) in [5, 5.41) is 6.99. The Kier molecular flexibility index (Phi) is 3.55. The van der Waals surface area contributed by atoms with Gasteiger partial charge in [0.05, 0.1) is 5.69 Å². The van der Waals surface area contributed by atoms with Crippen molar-refractivity contribution in [2.24, 2.45) is 5.14 Å². The van der Waals surface area contributed by atoms with Crippen molar-refractivity contribution in [1.82, 2.24) is 0 Å². The average molecular weight is 284 g/mol. The van der Waals surface area contributed by atoms with E-state index in [0.717, 1.165) is 4.88 Å². The molecule has 7 heteroatoms. The van der Waals surface area contributed by atoms with E-state index in [1.54, 1.807) is 23.5 Å². The van der Waals surface area contributed by atoms with Gasteiger partial charge in [-0.25, -0.2) is 13.6 Å². The molecule has 0 atom stereocenters. The van der Waals surface area contributed by atoms with Gasteiger partial charge in [0.2, 0.25) is 10.0 Å². The smallest absolute Gasteiger partial charge is 0.240 e. The van der Waals surface area contributed by atoms with E-state index in [1.165, 1.54) is 6.07 Å². The average Bonchev–Trinajstić information content (AvgIpc) is 2.79. The van der Waals surface area contributed by atoms with Crippen LogP contribution in [0.4, 0.5) is 5.69 Å². The lowest BCUT2D eigenvalue weighted by atomic mass is 10.3. The SMILES string of the molecule is Nc1c(OCc2cccs2)cccc1S(N)(=O)=O. The fourth-order valence-corrected chi connectivity index (χ4v) is 2.73. The van der Waals surface area contributed by atoms with Crippen LogP contribution >= 0.6 is 11.3 Å². The number of primary sulfonamides is 1. The van der Waals surface area contributed by atoms with Gasteiger partial charge < -0.3 is 10.5 Å². The summed E-state index contributed by atoms with van der Waals surface area (Å²) >= 11 is 1.55. The van der Waals surface area contributed by atoms with Gasteiger partial charge in [0.1, 0.15) is 17.3 Å². The Morgan fingerprint density at radius 3 is 2.61 bits per heavy atom. The Morgan fingerprint density at radius 1 is 1.22 bits per heavy atom. The van der Waals surface area contributed by atoms with E-state index in [2.05, 4.69) is 0 Å². The minimum atomic E-state index is -3.83. The topological polar surface area (TPSA) is 95.4 Å². The van der Waals surface area contributed by atoms with Crippen molar-refractivity contribution in [3.63, 3.8) is 0 Å². The molecule has 4 N–H and O–H groups in total. The summed E-state index contributed by atoms with van der Waals surface area (Å²) in [5.41, 5.74) is 5.77. The van der Waals surface area contributed by atoms with Crippen LogP contribution in [-0.2, 0) is 16.6 Å². The van der Waals surface area contributed by atoms with Gasteiger partial charge in [0, 0.05) is 4.88 Å². The highest BCUT2D eigenvalue weighted by Gasteiger charge is 2.15. The third-order valence-corrected chi connectivity index (χ3v) is 4.10. The van der Waals surface area contributed by atoms with E-state index in [0.29, 0.717) is 12.4 Å². The van der Waals surface area contributed by atoms with Crippen LogP contribution in [0, 0.1) is 0 Å². The molecule has 2 aromatic rings. The third-order valence-electron chi connectivity index (χ3n) is 2.28. The molecule has 1 aromatic carbocycles. The molecule has 2 rings (SSSR count). The molecule has 0 aliphatic carbocycles. The maximum absolute atomic E-state index is 11.3.